The predicted octanol–water partition coefficient (Wildman–Crippen LogP) is 27.5. The van der Waals surface area contributed by atoms with Crippen molar-refractivity contribution >= 4 is 53.9 Å². The highest BCUT2D eigenvalue weighted by atomic mass is 14.3. The fourth-order valence-corrected chi connectivity index (χ4v) is 15.3. The first kappa shape index (κ1) is 57.9. The number of hydrogen-bond donors (Lipinski definition) is 0. The highest BCUT2D eigenvalue weighted by molar-refractivity contribution is 6.40. The van der Waals surface area contributed by atoms with Crippen molar-refractivity contribution in [1.82, 2.24) is 0 Å². The largest absolute Gasteiger partial charge is 0.0622 e. The van der Waals surface area contributed by atoms with E-state index in [4.69, 9.17) is 0 Å². The fourth-order valence-electron chi connectivity index (χ4n) is 15.3. The van der Waals surface area contributed by atoms with Crippen LogP contribution in [-0.4, -0.2) is 0 Å². The molecule has 456 valence electrons. The molecule has 0 aliphatic carbocycles. The summed E-state index contributed by atoms with van der Waals surface area (Å²) in [4.78, 5) is 0. The lowest BCUT2D eigenvalue weighted by Gasteiger charge is -2.20. The molecule has 98 heavy (non-hydrogen) atoms. The van der Waals surface area contributed by atoms with Gasteiger partial charge in [0, 0.05) is 0 Å². The zero-order valence-electron chi connectivity index (χ0n) is 54.0. The van der Waals surface area contributed by atoms with Crippen molar-refractivity contribution in [2.75, 3.05) is 0 Å². The molecule has 0 spiro atoms. The van der Waals surface area contributed by atoms with E-state index in [1.54, 1.807) is 0 Å². The average Bonchev–Trinajstić information content (AvgIpc) is 0.701. The van der Waals surface area contributed by atoms with Crippen LogP contribution in [0.2, 0.25) is 0 Å². The number of hydrogen-bond acceptors (Lipinski definition) is 0. The van der Waals surface area contributed by atoms with E-state index in [1.807, 2.05) is 0 Å². The first-order valence-corrected chi connectivity index (χ1v) is 33.9. The first-order valence-electron chi connectivity index (χ1n) is 33.9. The summed E-state index contributed by atoms with van der Waals surface area (Å²) in [5.74, 6) is 0. The quantitative estimate of drug-likeness (QED) is 0.107. The molecule has 0 saturated carbocycles. The van der Waals surface area contributed by atoms with Crippen LogP contribution in [-0.2, 0) is 0 Å². The van der Waals surface area contributed by atoms with Gasteiger partial charge in [0.1, 0.15) is 0 Å². The fraction of sp³-hybridized carbons (Fsp3) is 0. The molecular weight excluding hydrogens is 1180 g/mol. The normalized spacial score (nSPS) is 11.5. The molecule has 0 atom stereocenters. The molecule has 0 radical (unpaired) electrons. The highest BCUT2D eigenvalue weighted by Crippen LogP contribution is 2.50. The molecule has 0 nitrogen and oxygen atoms in total. The van der Waals surface area contributed by atoms with Gasteiger partial charge in [0.15, 0.2) is 0 Å². The zero-order valence-corrected chi connectivity index (χ0v) is 54.0. The highest BCUT2D eigenvalue weighted by Gasteiger charge is 2.22. The summed E-state index contributed by atoms with van der Waals surface area (Å²) in [6, 6.07) is 144. The lowest BCUT2D eigenvalue weighted by molar-refractivity contribution is 1.57. The number of benzene rings is 18. The Hall–Kier alpha value is -12.7. The molecule has 0 amide bonds. The van der Waals surface area contributed by atoms with Gasteiger partial charge in [-0.15, -0.1) is 0 Å². The monoisotopic (exact) mass is 1240 g/mol. The van der Waals surface area contributed by atoms with Crippen molar-refractivity contribution in [3.63, 3.8) is 0 Å². The van der Waals surface area contributed by atoms with Crippen molar-refractivity contribution in [2.24, 2.45) is 0 Å². The van der Waals surface area contributed by atoms with E-state index in [0.717, 1.165) is 44.5 Å². The van der Waals surface area contributed by atoms with Crippen LogP contribution in [0.3, 0.4) is 0 Å². The van der Waals surface area contributed by atoms with E-state index in [0.29, 0.717) is 0 Å². The first-order chi connectivity index (χ1) is 48.6. The molecule has 0 heterocycles. The van der Waals surface area contributed by atoms with Gasteiger partial charge >= 0.3 is 0 Å². The molecule has 0 bridgehead atoms. The second kappa shape index (κ2) is 24.9. The molecule has 0 aliphatic rings. The van der Waals surface area contributed by atoms with Gasteiger partial charge in [0.05, 0.1) is 0 Å². The lowest BCUT2D eigenvalue weighted by atomic mass is 9.83. The van der Waals surface area contributed by atoms with Crippen molar-refractivity contribution in [3.05, 3.63) is 388 Å². The summed E-state index contributed by atoms with van der Waals surface area (Å²) in [6.07, 6.45) is 0. The second-order valence-corrected chi connectivity index (χ2v) is 25.8. The van der Waals surface area contributed by atoms with Crippen LogP contribution in [0.4, 0.5) is 0 Å². The molecule has 0 aromatic heterocycles. The van der Waals surface area contributed by atoms with Crippen LogP contribution in [0, 0.1) is 0 Å². The van der Waals surface area contributed by atoms with E-state index in [1.165, 1.54) is 143 Å². The minimum Gasteiger partial charge on any atom is -0.0622 e. The van der Waals surface area contributed by atoms with Crippen LogP contribution in [0.1, 0.15) is 0 Å². The van der Waals surface area contributed by atoms with Crippen LogP contribution in [0.5, 0.6) is 0 Å². The SMILES string of the molecule is c1ccc(-c2ccc(-c3ccc4c5ccc(-c6ccc(-c7ccccc7)c(-c7ccccc7)c6)cc5c5c6cc(-c7ccc(-c8ccccc8)c(-c8ccccc8)c7)ccc6c6ccc(-c7ccc(-c8ccccc8)c(-c8ccccc8)c7)cc6c5c4c3)cc2-c2ccccc2)cc1. The standard InChI is InChI=1S/C98H64/c1-9-25-65(26-10-1)81-49-41-73(57-89(81)69-33-17-5-18-34-69)77-45-53-85-86-54-46-79(75-43-51-83(67-29-13-3-14-30-67)91(59-75)71-37-21-7-22-38-71)63-95(86)98-96-64-80(76-44-52-84(68-31-15-4-16-32-68)92(60-76)72-39-23-8-24-40-72)48-56-88(96)87-55-47-78(62-94(87)97(98)93(85)61-77)74-42-50-82(66-27-11-2-12-28-66)90(58-74)70-35-19-6-20-36-70/h1-64H. The van der Waals surface area contributed by atoms with Gasteiger partial charge < -0.3 is 0 Å². The summed E-state index contributed by atoms with van der Waals surface area (Å²) in [5, 5.41) is 12.1. The molecule has 0 fully saturated rings. The van der Waals surface area contributed by atoms with Gasteiger partial charge in [-0.25, -0.2) is 0 Å². The van der Waals surface area contributed by atoms with Crippen molar-refractivity contribution in [3.8, 4) is 134 Å². The van der Waals surface area contributed by atoms with Crippen molar-refractivity contribution in [1.29, 1.82) is 0 Å². The van der Waals surface area contributed by atoms with Gasteiger partial charge in [-0.3, -0.25) is 0 Å². The Morgan fingerprint density at radius 3 is 0.429 bits per heavy atom. The number of rotatable bonds is 12. The van der Waals surface area contributed by atoms with E-state index in [9.17, 15) is 0 Å². The van der Waals surface area contributed by atoms with Crippen LogP contribution < -0.4 is 0 Å². The maximum atomic E-state index is 2.50. The third-order valence-corrected chi connectivity index (χ3v) is 20.1. The molecule has 0 saturated heterocycles. The summed E-state index contributed by atoms with van der Waals surface area (Å²) >= 11 is 0. The van der Waals surface area contributed by atoms with E-state index in [2.05, 4.69) is 388 Å². The van der Waals surface area contributed by atoms with E-state index >= 15 is 0 Å². The molecule has 0 heteroatoms. The van der Waals surface area contributed by atoms with Gasteiger partial charge in [-0.2, -0.15) is 0 Å². The van der Waals surface area contributed by atoms with Crippen LogP contribution >= 0.6 is 0 Å². The summed E-state index contributed by atoms with van der Waals surface area (Å²) in [5.41, 5.74) is 28.4. The van der Waals surface area contributed by atoms with Gasteiger partial charge in [0.2, 0.25) is 0 Å². The maximum absolute atomic E-state index is 2.50. The van der Waals surface area contributed by atoms with Crippen molar-refractivity contribution in [2.45, 2.75) is 0 Å². The van der Waals surface area contributed by atoms with E-state index in [-0.39, 0.29) is 0 Å². The summed E-state index contributed by atoms with van der Waals surface area (Å²) in [7, 11) is 0. The van der Waals surface area contributed by atoms with Crippen molar-refractivity contribution < 1.29 is 0 Å². The Morgan fingerprint density at radius 1 is 0.0918 bits per heavy atom. The molecule has 18 rings (SSSR count). The molecule has 0 N–H and O–H groups in total. The molecule has 18 aromatic rings. The molecule has 0 aliphatic heterocycles. The zero-order chi connectivity index (χ0) is 64.9. The van der Waals surface area contributed by atoms with E-state index < -0.39 is 0 Å². The summed E-state index contributed by atoms with van der Waals surface area (Å²) < 4.78 is 0. The minimum atomic E-state index is 1.16. The molecule has 18 aromatic carbocycles. The summed E-state index contributed by atoms with van der Waals surface area (Å²) in [6.45, 7) is 0. The number of fused-ring (bicyclic) bond motifs is 11. The Kier molecular flexibility index (Phi) is 14.7. The Balaban J connectivity index is 0.944. The maximum Gasteiger partial charge on any atom is -0.00134 e. The smallest absolute Gasteiger partial charge is 0.00134 e. The second-order valence-electron chi connectivity index (χ2n) is 25.8. The van der Waals surface area contributed by atoms with Gasteiger partial charge in [-0.1, -0.05) is 340 Å². The average molecular weight is 1240 g/mol. The lowest BCUT2D eigenvalue weighted by Crippen LogP contribution is -1.93. The van der Waals surface area contributed by atoms with Crippen LogP contribution in [0.25, 0.3) is 187 Å². The minimum absolute atomic E-state index is 1.16. The Morgan fingerprint density at radius 2 is 0.245 bits per heavy atom. The Labute approximate surface area is 572 Å². The van der Waals surface area contributed by atoms with Gasteiger partial charge in [-0.05, 0) is 236 Å². The molecular formula is C98H64. The molecule has 0 unspecified atom stereocenters. The third-order valence-electron chi connectivity index (χ3n) is 20.1. The van der Waals surface area contributed by atoms with Gasteiger partial charge in [0.25, 0.3) is 0 Å². The Bertz CT molecular complexity index is 5280. The topological polar surface area (TPSA) is 0 Å². The predicted molar refractivity (Wildman–Crippen MR) is 419 cm³/mol. The third kappa shape index (κ3) is 10.5. The van der Waals surface area contributed by atoms with Crippen LogP contribution in [0.15, 0.2) is 388 Å².